The van der Waals surface area contributed by atoms with Crippen LogP contribution >= 0.6 is 0 Å². The summed E-state index contributed by atoms with van der Waals surface area (Å²) in [6, 6.07) is 0. The lowest BCUT2D eigenvalue weighted by atomic mass is 9.46. The van der Waals surface area contributed by atoms with E-state index in [1.807, 2.05) is 6.08 Å². The van der Waals surface area contributed by atoms with E-state index in [1.165, 1.54) is 36.8 Å². The molecule has 31 heavy (non-hydrogen) atoms. The molecule has 4 rings (SSSR count). The molecule has 0 radical (unpaired) electrons. The highest BCUT2D eigenvalue weighted by Gasteiger charge is 2.65. The summed E-state index contributed by atoms with van der Waals surface area (Å²) in [7, 11) is 0. The van der Waals surface area contributed by atoms with Crippen molar-refractivity contribution in [2.24, 2.45) is 40.4 Å². The van der Waals surface area contributed by atoms with Gasteiger partial charge in [0, 0.05) is 11.8 Å². The summed E-state index contributed by atoms with van der Waals surface area (Å²) in [5.41, 5.74) is 1.12. The van der Waals surface area contributed by atoms with Gasteiger partial charge in [0.2, 0.25) is 0 Å². The van der Waals surface area contributed by atoms with Crippen LogP contribution in [0.4, 0.5) is 0 Å². The Balaban J connectivity index is 1.58. The molecule has 3 fully saturated rings. The van der Waals surface area contributed by atoms with Gasteiger partial charge in [-0.15, -0.1) is 0 Å². The first kappa shape index (κ1) is 23.2. The van der Waals surface area contributed by atoms with Crippen molar-refractivity contribution in [2.75, 3.05) is 0 Å². The van der Waals surface area contributed by atoms with Crippen LogP contribution in [0.2, 0.25) is 0 Å². The number of carbonyl (C=O) groups is 1. The zero-order valence-corrected chi connectivity index (χ0v) is 20.4. The molecule has 0 spiro atoms. The van der Waals surface area contributed by atoms with E-state index in [0.717, 1.165) is 19.3 Å². The Hall–Kier alpha value is -0.930. The van der Waals surface area contributed by atoms with Crippen molar-refractivity contribution in [1.29, 1.82) is 0 Å². The fraction of sp³-hybridized carbons (Fsp3) is 0.821. The van der Waals surface area contributed by atoms with Crippen molar-refractivity contribution in [2.45, 2.75) is 104 Å². The molecule has 4 aliphatic rings. The summed E-state index contributed by atoms with van der Waals surface area (Å²) in [5, 5.41) is 21.7. The second-order valence-electron chi connectivity index (χ2n) is 12.3. The van der Waals surface area contributed by atoms with E-state index >= 15 is 0 Å². The molecule has 0 amide bonds. The predicted octanol–water partition coefficient (Wildman–Crippen LogP) is 5.85. The van der Waals surface area contributed by atoms with Gasteiger partial charge < -0.3 is 10.2 Å². The Kier molecular flexibility index (Phi) is 5.87. The van der Waals surface area contributed by atoms with Gasteiger partial charge in [-0.25, -0.2) is 0 Å². The van der Waals surface area contributed by atoms with Crippen LogP contribution in [0.15, 0.2) is 23.8 Å². The first-order valence-corrected chi connectivity index (χ1v) is 12.8. The molecule has 2 N–H and O–H groups in total. The Labute approximate surface area is 189 Å². The molecule has 8 atom stereocenters. The van der Waals surface area contributed by atoms with E-state index in [-0.39, 0.29) is 23.5 Å². The highest BCUT2D eigenvalue weighted by molar-refractivity contribution is 5.99. The van der Waals surface area contributed by atoms with Gasteiger partial charge >= 0.3 is 0 Å². The molecule has 0 bridgehead atoms. The van der Waals surface area contributed by atoms with Gasteiger partial charge in [-0.1, -0.05) is 52.3 Å². The Morgan fingerprint density at radius 3 is 2.52 bits per heavy atom. The summed E-state index contributed by atoms with van der Waals surface area (Å²) >= 11 is 0. The lowest BCUT2D eigenvalue weighted by Crippen LogP contribution is -2.64. The second kappa shape index (κ2) is 7.83. The standard InChI is InChI=1S/C28H44O3/c1-17(2)18(3)7-8-19(4)22-9-10-23-21-15-25(30)28(31)16-20(29)11-14-27(28,6)24(21)12-13-26(22,23)5/h15,17,19-20,22-24,29,31H,3,7-14,16H2,1-2,4-6H3/t19?,20-,22+,23?,24?,26+,27+,28-/m0/s1. The van der Waals surface area contributed by atoms with E-state index in [1.54, 1.807) is 0 Å². The molecule has 0 heterocycles. The third-order valence-electron chi connectivity index (χ3n) is 10.6. The maximum absolute atomic E-state index is 13.3. The lowest BCUT2D eigenvalue weighted by molar-refractivity contribution is -0.180. The maximum Gasteiger partial charge on any atom is 0.187 e. The minimum Gasteiger partial charge on any atom is -0.393 e. The van der Waals surface area contributed by atoms with Crippen LogP contribution in [0, 0.1) is 40.4 Å². The van der Waals surface area contributed by atoms with Crippen molar-refractivity contribution in [3.8, 4) is 0 Å². The van der Waals surface area contributed by atoms with Crippen molar-refractivity contribution >= 4 is 5.78 Å². The SMILES string of the molecule is C=C(CCC(C)[C@H]1CCC2C3=CC(=O)[C@@]4(O)C[C@@H](O)CC[C@]4(C)C3CC[C@@]21C)C(C)C. The fourth-order valence-corrected chi connectivity index (χ4v) is 8.23. The molecule has 3 nitrogen and oxygen atoms in total. The molecule has 0 saturated heterocycles. The Morgan fingerprint density at radius 2 is 1.84 bits per heavy atom. The lowest BCUT2D eigenvalue weighted by Gasteiger charge is -2.60. The monoisotopic (exact) mass is 428 g/mol. The van der Waals surface area contributed by atoms with Crippen molar-refractivity contribution in [3.63, 3.8) is 0 Å². The quantitative estimate of drug-likeness (QED) is 0.540. The number of ketones is 1. The highest BCUT2D eigenvalue weighted by atomic mass is 16.3. The molecule has 3 heteroatoms. The van der Waals surface area contributed by atoms with Crippen LogP contribution < -0.4 is 0 Å². The van der Waals surface area contributed by atoms with Crippen molar-refractivity contribution < 1.29 is 15.0 Å². The molecule has 0 aromatic carbocycles. The summed E-state index contributed by atoms with van der Waals surface area (Å²) in [6.45, 7) is 15.8. The topological polar surface area (TPSA) is 57.5 Å². The van der Waals surface area contributed by atoms with Gasteiger partial charge in [-0.2, -0.15) is 0 Å². The number of rotatable bonds is 5. The molecular formula is C28H44O3. The van der Waals surface area contributed by atoms with Crippen molar-refractivity contribution in [3.05, 3.63) is 23.8 Å². The molecule has 0 aliphatic heterocycles. The average Bonchev–Trinajstić information content (AvgIpc) is 3.05. The van der Waals surface area contributed by atoms with Crippen LogP contribution in [0.5, 0.6) is 0 Å². The molecule has 0 aromatic heterocycles. The molecule has 4 aliphatic carbocycles. The van der Waals surface area contributed by atoms with E-state index in [2.05, 4.69) is 41.2 Å². The number of allylic oxidation sites excluding steroid dienone is 2. The fourth-order valence-electron chi connectivity index (χ4n) is 8.23. The van der Waals surface area contributed by atoms with Crippen molar-refractivity contribution in [1.82, 2.24) is 0 Å². The van der Waals surface area contributed by atoms with E-state index in [9.17, 15) is 15.0 Å². The Morgan fingerprint density at radius 1 is 1.13 bits per heavy atom. The smallest absolute Gasteiger partial charge is 0.187 e. The van der Waals surface area contributed by atoms with Gasteiger partial charge in [0.05, 0.1) is 6.10 Å². The minimum atomic E-state index is -1.39. The Bertz CT molecular complexity index is 781. The van der Waals surface area contributed by atoms with Crippen LogP contribution in [-0.2, 0) is 4.79 Å². The largest absolute Gasteiger partial charge is 0.393 e. The number of aliphatic hydroxyl groups is 2. The highest BCUT2D eigenvalue weighted by Crippen LogP contribution is 2.67. The third-order valence-corrected chi connectivity index (χ3v) is 10.6. The normalized spacial score (nSPS) is 45.5. The molecule has 3 unspecified atom stereocenters. The number of fused-ring (bicyclic) bond motifs is 5. The van der Waals surface area contributed by atoms with Gasteiger partial charge in [0.1, 0.15) is 5.60 Å². The minimum absolute atomic E-state index is 0.144. The summed E-state index contributed by atoms with van der Waals surface area (Å²) in [5.74, 6) is 2.51. The van der Waals surface area contributed by atoms with Crippen LogP contribution in [-0.4, -0.2) is 27.7 Å². The van der Waals surface area contributed by atoms with Crippen LogP contribution in [0.3, 0.4) is 0 Å². The zero-order valence-electron chi connectivity index (χ0n) is 20.4. The third kappa shape index (κ3) is 3.41. The van der Waals surface area contributed by atoms with Gasteiger partial charge in [0.25, 0.3) is 0 Å². The molecule has 3 saturated carbocycles. The maximum atomic E-state index is 13.3. The number of carbonyl (C=O) groups excluding carboxylic acids is 1. The summed E-state index contributed by atoms with van der Waals surface area (Å²) < 4.78 is 0. The zero-order chi connectivity index (χ0) is 22.8. The average molecular weight is 429 g/mol. The van der Waals surface area contributed by atoms with Gasteiger partial charge in [0.15, 0.2) is 5.78 Å². The van der Waals surface area contributed by atoms with E-state index < -0.39 is 17.1 Å². The van der Waals surface area contributed by atoms with Gasteiger partial charge in [-0.3, -0.25) is 4.79 Å². The molecular weight excluding hydrogens is 384 g/mol. The first-order valence-electron chi connectivity index (χ1n) is 12.8. The second-order valence-corrected chi connectivity index (χ2v) is 12.3. The summed E-state index contributed by atoms with van der Waals surface area (Å²) in [4.78, 5) is 13.3. The number of aliphatic hydroxyl groups excluding tert-OH is 1. The number of hydrogen-bond acceptors (Lipinski definition) is 3. The van der Waals surface area contributed by atoms with Crippen LogP contribution in [0.25, 0.3) is 0 Å². The first-order chi connectivity index (χ1) is 14.4. The van der Waals surface area contributed by atoms with E-state index in [4.69, 9.17) is 0 Å². The van der Waals surface area contributed by atoms with Crippen LogP contribution in [0.1, 0.15) is 92.4 Å². The predicted molar refractivity (Wildman–Crippen MR) is 125 cm³/mol. The number of hydrogen-bond donors (Lipinski definition) is 2. The molecule has 0 aromatic rings. The summed E-state index contributed by atoms with van der Waals surface area (Å²) in [6.07, 6.45) is 9.88. The van der Waals surface area contributed by atoms with E-state index in [0.29, 0.717) is 30.1 Å². The van der Waals surface area contributed by atoms with Gasteiger partial charge in [-0.05, 0) is 92.4 Å². The molecule has 174 valence electrons.